The number of benzene rings is 1. The van der Waals surface area contributed by atoms with E-state index in [1.165, 1.54) is 0 Å². The van der Waals surface area contributed by atoms with Crippen LogP contribution in [0.4, 0.5) is 0 Å². The summed E-state index contributed by atoms with van der Waals surface area (Å²) in [5.74, 6) is 2.85. The van der Waals surface area contributed by atoms with Crippen molar-refractivity contribution in [3.8, 4) is 11.6 Å². The molecule has 148 valence electrons. The highest BCUT2D eigenvalue weighted by Gasteiger charge is 2.30. The number of piperidine rings is 1. The quantitative estimate of drug-likeness (QED) is 0.808. The molecule has 2 aliphatic heterocycles. The number of aryl methyl sites for hydroxylation is 1. The molecule has 0 spiro atoms. The lowest BCUT2D eigenvalue weighted by atomic mass is 9.93. The Morgan fingerprint density at radius 1 is 1.07 bits per heavy atom. The highest BCUT2D eigenvalue weighted by Crippen LogP contribution is 2.30. The van der Waals surface area contributed by atoms with E-state index in [-0.39, 0.29) is 11.8 Å². The summed E-state index contributed by atoms with van der Waals surface area (Å²) < 4.78 is 11.3. The second kappa shape index (κ2) is 8.69. The average Bonchev–Trinajstić information content (AvgIpc) is 2.74. The van der Waals surface area contributed by atoms with Crippen molar-refractivity contribution in [1.29, 1.82) is 0 Å². The van der Waals surface area contributed by atoms with Crippen molar-refractivity contribution in [2.24, 2.45) is 5.92 Å². The molecule has 0 bridgehead atoms. The lowest BCUT2D eigenvalue weighted by Crippen LogP contribution is -2.43. The number of rotatable bonds is 4. The van der Waals surface area contributed by atoms with E-state index in [2.05, 4.69) is 9.97 Å². The van der Waals surface area contributed by atoms with E-state index in [1.54, 1.807) is 0 Å². The largest absolute Gasteiger partial charge is 0.439 e. The van der Waals surface area contributed by atoms with E-state index in [0.29, 0.717) is 25.0 Å². The van der Waals surface area contributed by atoms with Crippen LogP contribution in [0.1, 0.15) is 43.1 Å². The molecule has 2 aromatic rings. The molecule has 0 N–H and O–H groups in total. The van der Waals surface area contributed by atoms with Crippen LogP contribution in [0.3, 0.4) is 0 Å². The summed E-state index contributed by atoms with van der Waals surface area (Å²) in [4.78, 5) is 24.1. The highest BCUT2D eigenvalue weighted by molar-refractivity contribution is 5.79. The fourth-order valence-electron chi connectivity index (χ4n) is 3.97. The zero-order chi connectivity index (χ0) is 19.3. The molecule has 0 aliphatic carbocycles. The number of nitrogens with zero attached hydrogens (tertiary/aromatic N) is 3. The van der Waals surface area contributed by atoms with Crippen LogP contribution >= 0.6 is 0 Å². The number of para-hydroxylation sites is 1. The van der Waals surface area contributed by atoms with E-state index in [9.17, 15) is 4.79 Å². The van der Waals surface area contributed by atoms with E-state index in [1.807, 2.05) is 48.2 Å². The molecule has 2 saturated heterocycles. The summed E-state index contributed by atoms with van der Waals surface area (Å²) in [5.41, 5.74) is 0.900. The van der Waals surface area contributed by atoms with Gasteiger partial charge in [-0.25, -0.2) is 4.98 Å². The molecule has 1 amide bonds. The smallest absolute Gasteiger partial charge is 0.225 e. The van der Waals surface area contributed by atoms with Crippen LogP contribution in [0, 0.1) is 12.8 Å². The average molecular weight is 381 g/mol. The Morgan fingerprint density at radius 3 is 2.50 bits per heavy atom. The van der Waals surface area contributed by atoms with Crippen molar-refractivity contribution in [2.45, 2.75) is 38.5 Å². The molecule has 28 heavy (non-hydrogen) atoms. The van der Waals surface area contributed by atoms with Crippen molar-refractivity contribution in [2.75, 3.05) is 26.3 Å². The predicted octanol–water partition coefficient (Wildman–Crippen LogP) is 3.71. The number of hydrogen-bond acceptors (Lipinski definition) is 5. The summed E-state index contributed by atoms with van der Waals surface area (Å²) >= 11 is 0. The molecule has 0 radical (unpaired) electrons. The Morgan fingerprint density at radius 2 is 1.79 bits per heavy atom. The van der Waals surface area contributed by atoms with Crippen LogP contribution in [-0.4, -0.2) is 47.1 Å². The van der Waals surface area contributed by atoms with Gasteiger partial charge in [-0.3, -0.25) is 4.79 Å². The molecule has 0 unspecified atom stereocenters. The maximum absolute atomic E-state index is 12.7. The highest BCUT2D eigenvalue weighted by atomic mass is 16.5. The van der Waals surface area contributed by atoms with E-state index >= 15 is 0 Å². The lowest BCUT2D eigenvalue weighted by Gasteiger charge is -2.34. The van der Waals surface area contributed by atoms with Gasteiger partial charge in [-0.1, -0.05) is 18.2 Å². The van der Waals surface area contributed by atoms with Crippen LogP contribution < -0.4 is 4.74 Å². The summed E-state index contributed by atoms with van der Waals surface area (Å²) in [5, 5.41) is 0. The summed E-state index contributed by atoms with van der Waals surface area (Å²) in [6.45, 7) is 4.91. The predicted molar refractivity (Wildman–Crippen MR) is 105 cm³/mol. The molecule has 2 fully saturated rings. The topological polar surface area (TPSA) is 64.5 Å². The first-order chi connectivity index (χ1) is 13.7. The van der Waals surface area contributed by atoms with Gasteiger partial charge in [-0.2, -0.15) is 4.98 Å². The Bertz CT molecular complexity index is 798. The molecule has 3 heterocycles. The number of carbonyl (C=O) groups is 1. The van der Waals surface area contributed by atoms with E-state index in [0.717, 1.165) is 56.0 Å². The van der Waals surface area contributed by atoms with Crippen molar-refractivity contribution in [3.63, 3.8) is 0 Å². The first kappa shape index (κ1) is 18.9. The van der Waals surface area contributed by atoms with Crippen molar-refractivity contribution in [1.82, 2.24) is 14.9 Å². The Kier molecular flexibility index (Phi) is 5.86. The number of hydrogen-bond donors (Lipinski definition) is 0. The zero-order valence-electron chi connectivity index (χ0n) is 16.3. The maximum atomic E-state index is 12.7. The van der Waals surface area contributed by atoms with Crippen LogP contribution in [-0.2, 0) is 9.53 Å². The van der Waals surface area contributed by atoms with Gasteiger partial charge < -0.3 is 14.4 Å². The van der Waals surface area contributed by atoms with E-state index < -0.39 is 0 Å². The summed E-state index contributed by atoms with van der Waals surface area (Å²) in [6, 6.07) is 11.5. The number of amides is 1. The third kappa shape index (κ3) is 4.50. The Hall–Kier alpha value is -2.47. The van der Waals surface area contributed by atoms with Crippen LogP contribution in [0.2, 0.25) is 0 Å². The SMILES string of the molecule is Cc1cc(Oc2ccccc2)nc(C2CCN(C(=O)C3CCOCC3)CC2)n1. The normalized spacial score (nSPS) is 18.8. The molecule has 6 heteroatoms. The van der Waals surface area contributed by atoms with Gasteiger partial charge in [0.05, 0.1) is 0 Å². The Balaban J connectivity index is 1.39. The molecule has 0 saturated carbocycles. The molecular weight excluding hydrogens is 354 g/mol. The van der Waals surface area contributed by atoms with Gasteiger partial charge in [0.2, 0.25) is 11.8 Å². The number of aromatic nitrogens is 2. The van der Waals surface area contributed by atoms with Crippen molar-refractivity contribution in [3.05, 3.63) is 47.9 Å². The fourth-order valence-corrected chi connectivity index (χ4v) is 3.97. The van der Waals surface area contributed by atoms with E-state index in [4.69, 9.17) is 9.47 Å². The summed E-state index contributed by atoms with van der Waals surface area (Å²) in [7, 11) is 0. The minimum absolute atomic E-state index is 0.131. The molecule has 6 nitrogen and oxygen atoms in total. The molecule has 4 rings (SSSR count). The minimum atomic E-state index is 0.131. The maximum Gasteiger partial charge on any atom is 0.225 e. The van der Waals surface area contributed by atoms with Gasteiger partial charge in [0.15, 0.2) is 0 Å². The molecule has 0 atom stereocenters. The fraction of sp³-hybridized carbons (Fsp3) is 0.500. The third-order valence-corrected chi connectivity index (χ3v) is 5.56. The molecule has 1 aromatic carbocycles. The monoisotopic (exact) mass is 381 g/mol. The van der Waals surface area contributed by atoms with Gasteiger partial charge in [0.1, 0.15) is 11.6 Å². The summed E-state index contributed by atoms with van der Waals surface area (Å²) in [6.07, 6.45) is 3.48. The third-order valence-electron chi connectivity index (χ3n) is 5.56. The van der Waals surface area contributed by atoms with Gasteiger partial charge >= 0.3 is 0 Å². The second-order valence-corrected chi connectivity index (χ2v) is 7.61. The second-order valence-electron chi connectivity index (χ2n) is 7.61. The Labute approximate surface area is 165 Å². The van der Waals surface area contributed by atoms with Crippen LogP contribution in [0.15, 0.2) is 36.4 Å². The molecular formula is C22H27N3O3. The minimum Gasteiger partial charge on any atom is -0.439 e. The van der Waals surface area contributed by atoms with Gasteiger partial charge in [-0.05, 0) is 44.7 Å². The standard InChI is InChI=1S/C22H27N3O3/c1-16-15-20(28-19-5-3-2-4-6-19)24-21(23-16)17-7-11-25(12-8-17)22(26)18-9-13-27-14-10-18/h2-6,15,17-18H,7-14H2,1H3. The van der Waals surface area contributed by atoms with Gasteiger partial charge in [-0.15, -0.1) is 0 Å². The zero-order valence-corrected chi connectivity index (χ0v) is 16.3. The van der Waals surface area contributed by atoms with Crippen molar-refractivity contribution < 1.29 is 14.3 Å². The van der Waals surface area contributed by atoms with Crippen LogP contribution in [0.25, 0.3) is 0 Å². The number of likely N-dealkylation sites (tertiary alicyclic amines) is 1. The first-order valence-electron chi connectivity index (χ1n) is 10.1. The lowest BCUT2D eigenvalue weighted by molar-refractivity contribution is -0.139. The van der Waals surface area contributed by atoms with Crippen molar-refractivity contribution >= 4 is 5.91 Å². The molecule has 1 aromatic heterocycles. The molecule has 2 aliphatic rings. The first-order valence-corrected chi connectivity index (χ1v) is 10.1. The van der Waals surface area contributed by atoms with Crippen LogP contribution in [0.5, 0.6) is 11.6 Å². The van der Waals surface area contributed by atoms with Gasteiger partial charge in [0.25, 0.3) is 0 Å². The number of carbonyl (C=O) groups excluding carboxylic acids is 1. The number of ether oxygens (including phenoxy) is 2. The van der Waals surface area contributed by atoms with Gasteiger partial charge in [0, 0.05) is 49.9 Å².